The van der Waals surface area contributed by atoms with Crippen LogP contribution in [0.2, 0.25) is 0 Å². The maximum Gasteiger partial charge on any atom is 0.134 e. The topological polar surface area (TPSA) is 45.4 Å². The molecule has 2 N–H and O–H groups in total. The highest BCUT2D eigenvalue weighted by Gasteiger charge is 2.12. The second-order valence-corrected chi connectivity index (χ2v) is 4.65. The van der Waals surface area contributed by atoms with Gasteiger partial charge in [0.05, 0.1) is 0 Å². The number of aliphatic hydroxyl groups excluding tert-OH is 1. The smallest absolute Gasteiger partial charge is 0.134 e. The molecule has 3 heteroatoms. The van der Waals surface area contributed by atoms with Crippen LogP contribution in [0.25, 0.3) is 11.0 Å². The van der Waals surface area contributed by atoms with E-state index in [9.17, 15) is 0 Å². The molecule has 98 valence electrons. The van der Waals surface area contributed by atoms with Gasteiger partial charge in [0.15, 0.2) is 0 Å². The number of aliphatic hydroxyl groups is 1. The monoisotopic (exact) mass is 247 g/mol. The minimum Gasteiger partial charge on any atom is -0.461 e. The first-order chi connectivity index (χ1) is 8.76. The predicted molar refractivity (Wildman–Crippen MR) is 73.6 cm³/mol. The van der Waals surface area contributed by atoms with Crippen molar-refractivity contribution in [3.8, 4) is 0 Å². The average Bonchev–Trinajstić information content (AvgIpc) is 2.74. The summed E-state index contributed by atoms with van der Waals surface area (Å²) in [5.41, 5.74) is 2.21. The highest BCUT2D eigenvalue weighted by molar-refractivity contribution is 5.82. The van der Waals surface area contributed by atoms with Gasteiger partial charge in [-0.1, -0.05) is 25.1 Å². The molecule has 1 heterocycles. The lowest BCUT2D eigenvalue weighted by molar-refractivity contribution is 0.268. The van der Waals surface area contributed by atoms with Crippen LogP contribution in [0, 0.1) is 0 Å². The first-order valence-corrected chi connectivity index (χ1v) is 6.59. The van der Waals surface area contributed by atoms with Crippen molar-refractivity contribution in [1.82, 2.24) is 5.32 Å². The van der Waals surface area contributed by atoms with Crippen molar-refractivity contribution >= 4 is 11.0 Å². The van der Waals surface area contributed by atoms with Gasteiger partial charge >= 0.3 is 0 Å². The molecule has 0 saturated carbocycles. The maximum absolute atomic E-state index is 8.91. The van der Waals surface area contributed by atoms with E-state index in [-0.39, 0.29) is 6.61 Å². The third-order valence-electron chi connectivity index (χ3n) is 3.29. The quantitative estimate of drug-likeness (QED) is 0.825. The number of hydrogen-bond donors (Lipinski definition) is 2. The summed E-state index contributed by atoms with van der Waals surface area (Å²) in [6.07, 6.45) is 1.68. The van der Waals surface area contributed by atoms with E-state index in [1.165, 1.54) is 10.9 Å². The SMILES string of the molecule is CCc1oc2ccccc2c1CNC(C)CCO. The summed E-state index contributed by atoms with van der Waals surface area (Å²) in [5.74, 6) is 1.06. The van der Waals surface area contributed by atoms with E-state index in [1.54, 1.807) is 0 Å². The Hall–Kier alpha value is -1.32. The summed E-state index contributed by atoms with van der Waals surface area (Å²) in [6.45, 7) is 5.21. The fourth-order valence-electron chi connectivity index (χ4n) is 2.20. The van der Waals surface area contributed by atoms with Gasteiger partial charge in [-0.25, -0.2) is 0 Å². The summed E-state index contributed by atoms with van der Waals surface area (Å²) in [4.78, 5) is 0. The van der Waals surface area contributed by atoms with E-state index >= 15 is 0 Å². The molecule has 18 heavy (non-hydrogen) atoms. The Bertz CT molecular complexity index is 504. The molecule has 1 aromatic heterocycles. The van der Waals surface area contributed by atoms with E-state index in [2.05, 4.69) is 25.2 Å². The zero-order valence-electron chi connectivity index (χ0n) is 11.1. The van der Waals surface area contributed by atoms with Gasteiger partial charge in [-0.2, -0.15) is 0 Å². The molecule has 0 spiro atoms. The second-order valence-electron chi connectivity index (χ2n) is 4.65. The van der Waals surface area contributed by atoms with Gasteiger partial charge in [-0.3, -0.25) is 0 Å². The molecule has 0 aliphatic carbocycles. The van der Waals surface area contributed by atoms with Crippen LogP contribution in [0.4, 0.5) is 0 Å². The Morgan fingerprint density at radius 1 is 1.33 bits per heavy atom. The first kappa shape index (κ1) is 13.1. The van der Waals surface area contributed by atoms with Crippen molar-refractivity contribution in [2.45, 2.75) is 39.3 Å². The van der Waals surface area contributed by atoms with Gasteiger partial charge in [0.2, 0.25) is 0 Å². The zero-order valence-corrected chi connectivity index (χ0v) is 11.1. The minimum absolute atomic E-state index is 0.223. The standard InChI is InChI=1S/C15H21NO2/c1-3-14-13(10-16-11(2)8-9-17)12-6-4-5-7-15(12)18-14/h4-7,11,16-17H,3,8-10H2,1-2H3. The van der Waals surface area contributed by atoms with Crippen LogP contribution in [-0.4, -0.2) is 17.8 Å². The molecule has 2 aromatic rings. The third-order valence-corrected chi connectivity index (χ3v) is 3.29. The normalized spacial score (nSPS) is 13.1. The maximum atomic E-state index is 8.91. The molecule has 2 rings (SSSR count). The molecular formula is C15H21NO2. The highest BCUT2D eigenvalue weighted by atomic mass is 16.3. The third kappa shape index (κ3) is 2.74. The lowest BCUT2D eigenvalue weighted by Crippen LogP contribution is -2.26. The summed E-state index contributed by atoms with van der Waals surface area (Å²) < 4.78 is 5.85. The van der Waals surface area contributed by atoms with Crippen molar-refractivity contribution in [3.63, 3.8) is 0 Å². The van der Waals surface area contributed by atoms with Crippen LogP contribution in [0.5, 0.6) is 0 Å². The van der Waals surface area contributed by atoms with Crippen LogP contribution >= 0.6 is 0 Å². The Morgan fingerprint density at radius 2 is 2.11 bits per heavy atom. The van der Waals surface area contributed by atoms with Crippen molar-refractivity contribution in [3.05, 3.63) is 35.6 Å². The van der Waals surface area contributed by atoms with E-state index in [1.807, 2.05) is 18.2 Å². The molecule has 0 amide bonds. The molecule has 0 saturated heterocycles. The largest absolute Gasteiger partial charge is 0.461 e. The summed E-state index contributed by atoms with van der Waals surface area (Å²) in [7, 11) is 0. The molecule has 3 nitrogen and oxygen atoms in total. The molecule has 0 fully saturated rings. The number of aryl methyl sites for hydroxylation is 1. The van der Waals surface area contributed by atoms with Gasteiger partial charge < -0.3 is 14.8 Å². The van der Waals surface area contributed by atoms with Crippen LogP contribution in [0.15, 0.2) is 28.7 Å². The molecular weight excluding hydrogens is 226 g/mol. The number of para-hydroxylation sites is 1. The second kappa shape index (κ2) is 6.03. The van der Waals surface area contributed by atoms with Crippen molar-refractivity contribution in [2.24, 2.45) is 0 Å². The van der Waals surface area contributed by atoms with Crippen LogP contribution in [0.3, 0.4) is 0 Å². The number of fused-ring (bicyclic) bond motifs is 1. The zero-order chi connectivity index (χ0) is 13.0. The Labute approximate surface area is 108 Å². The Balaban J connectivity index is 2.20. The van der Waals surface area contributed by atoms with Crippen molar-refractivity contribution in [2.75, 3.05) is 6.61 Å². The lowest BCUT2D eigenvalue weighted by Gasteiger charge is -2.12. The molecule has 0 aliphatic heterocycles. The van der Waals surface area contributed by atoms with E-state index in [0.717, 1.165) is 30.7 Å². The molecule has 1 aromatic carbocycles. The number of rotatable bonds is 6. The predicted octanol–water partition coefficient (Wildman–Crippen LogP) is 2.86. The van der Waals surface area contributed by atoms with Crippen LogP contribution in [0.1, 0.15) is 31.6 Å². The van der Waals surface area contributed by atoms with Crippen LogP contribution < -0.4 is 5.32 Å². The Kier molecular flexibility index (Phi) is 4.39. The fraction of sp³-hybridized carbons (Fsp3) is 0.467. The molecule has 1 unspecified atom stereocenters. The lowest BCUT2D eigenvalue weighted by atomic mass is 10.1. The van der Waals surface area contributed by atoms with Crippen LogP contribution in [-0.2, 0) is 13.0 Å². The number of furan rings is 1. The van der Waals surface area contributed by atoms with Gasteiger partial charge in [0, 0.05) is 36.6 Å². The van der Waals surface area contributed by atoms with Gasteiger partial charge in [0.25, 0.3) is 0 Å². The number of benzene rings is 1. The summed E-state index contributed by atoms with van der Waals surface area (Å²) >= 11 is 0. The van der Waals surface area contributed by atoms with E-state index in [4.69, 9.17) is 9.52 Å². The molecule has 0 aliphatic rings. The first-order valence-electron chi connectivity index (χ1n) is 6.59. The van der Waals surface area contributed by atoms with Gasteiger partial charge in [-0.05, 0) is 19.4 Å². The molecule has 0 radical (unpaired) electrons. The Morgan fingerprint density at radius 3 is 2.83 bits per heavy atom. The average molecular weight is 247 g/mol. The molecule has 0 bridgehead atoms. The fourth-order valence-corrected chi connectivity index (χ4v) is 2.20. The van der Waals surface area contributed by atoms with Crippen molar-refractivity contribution in [1.29, 1.82) is 0 Å². The van der Waals surface area contributed by atoms with Gasteiger partial charge in [0.1, 0.15) is 11.3 Å². The van der Waals surface area contributed by atoms with Gasteiger partial charge in [-0.15, -0.1) is 0 Å². The number of hydrogen-bond acceptors (Lipinski definition) is 3. The highest BCUT2D eigenvalue weighted by Crippen LogP contribution is 2.26. The summed E-state index contributed by atoms with van der Waals surface area (Å²) in [6, 6.07) is 8.46. The van der Waals surface area contributed by atoms with Crippen molar-refractivity contribution < 1.29 is 9.52 Å². The minimum atomic E-state index is 0.223. The van der Waals surface area contributed by atoms with E-state index in [0.29, 0.717) is 6.04 Å². The molecule has 1 atom stereocenters. The number of nitrogens with one attached hydrogen (secondary N) is 1. The van der Waals surface area contributed by atoms with E-state index < -0.39 is 0 Å². The summed E-state index contributed by atoms with van der Waals surface area (Å²) in [5, 5.41) is 13.5.